The molecule has 0 bridgehead atoms. The topological polar surface area (TPSA) is 104 Å². The van der Waals surface area contributed by atoms with Crippen LogP contribution in [0, 0.1) is 6.92 Å². The van der Waals surface area contributed by atoms with Gasteiger partial charge in [0.15, 0.2) is 11.5 Å². The minimum atomic E-state index is -0.759. The van der Waals surface area contributed by atoms with Crippen LogP contribution in [-0.4, -0.2) is 40.5 Å². The van der Waals surface area contributed by atoms with E-state index < -0.39 is 17.2 Å². The van der Waals surface area contributed by atoms with Crippen LogP contribution in [0.1, 0.15) is 35.5 Å². The average Bonchev–Trinajstić information content (AvgIpc) is 2.77. The van der Waals surface area contributed by atoms with Gasteiger partial charge in [-0.2, -0.15) is 9.78 Å². The van der Waals surface area contributed by atoms with Gasteiger partial charge in [0.25, 0.3) is 11.5 Å². The minimum absolute atomic E-state index is 0.00425. The summed E-state index contributed by atoms with van der Waals surface area (Å²) in [5.74, 6) is 0.190. The van der Waals surface area contributed by atoms with Gasteiger partial charge in [-0.25, -0.2) is 4.79 Å². The summed E-state index contributed by atoms with van der Waals surface area (Å²) in [6, 6.07) is 12.0. The first kappa shape index (κ1) is 22.8. The number of nitrogens with one attached hydrogen (secondary N) is 1. The van der Waals surface area contributed by atoms with Crippen molar-refractivity contribution in [2.24, 2.45) is 0 Å². The van der Waals surface area contributed by atoms with Crippen molar-refractivity contribution in [3.05, 3.63) is 80.1 Å². The number of aryl methyl sites for hydroxylation is 1. The maximum absolute atomic E-state index is 13.3. The van der Waals surface area contributed by atoms with Crippen molar-refractivity contribution in [2.45, 2.75) is 33.4 Å². The van der Waals surface area contributed by atoms with E-state index in [1.54, 1.807) is 32.0 Å². The molecule has 0 saturated heterocycles. The Morgan fingerprint density at radius 3 is 2.28 bits per heavy atom. The van der Waals surface area contributed by atoms with E-state index in [9.17, 15) is 14.4 Å². The zero-order chi connectivity index (χ0) is 23.4. The van der Waals surface area contributed by atoms with Crippen LogP contribution in [0.5, 0.6) is 11.5 Å². The molecule has 1 amide bonds. The first-order valence-corrected chi connectivity index (χ1v) is 10.1. The van der Waals surface area contributed by atoms with E-state index in [2.05, 4.69) is 10.4 Å². The van der Waals surface area contributed by atoms with Gasteiger partial charge in [-0.05, 0) is 38.5 Å². The molecule has 0 spiro atoms. The fourth-order valence-electron chi connectivity index (χ4n) is 3.13. The van der Waals surface area contributed by atoms with Crippen LogP contribution in [0.3, 0.4) is 0 Å². The molecule has 0 aliphatic carbocycles. The van der Waals surface area contributed by atoms with Crippen molar-refractivity contribution in [3.63, 3.8) is 0 Å². The maximum atomic E-state index is 13.3. The van der Waals surface area contributed by atoms with Crippen LogP contribution in [-0.2, 0) is 6.54 Å². The molecule has 0 saturated carbocycles. The molecule has 168 valence electrons. The van der Waals surface area contributed by atoms with Crippen molar-refractivity contribution in [1.82, 2.24) is 19.7 Å². The highest BCUT2D eigenvalue weighted by molar-refractivity contribution is 5.91. The maximum Gasteiger partial charge on any atom is 0.352 e. The molecule has 3 aromatic rings. The minimum Gasteiger partial charge on any atom is -0.493 e. The van der Waals surface area contributed by atoms with Gasteiger partial charge in [0.2, 0.25) is 5.69 Å². The van der Waals surface area contributed by atoms with Crippen molar-refractivity contribution in [1.29, 1.82) is 0 Å². The van der Waals surface area contributed by atoms with Gasteiger partial charge in [0.05, 0.1) is 26.5 Å². The van der Waals surface area contributed by atoms with Gasteiger partial charge in [0.1, 0.15) is 0 Å². The molecule has 2 aromatic carbocycles. The molecule has 9 heteroatoms. The highest BCUT2D eigenvalue weighted by atomic mass is 16.5. The van der Waals surface area contributed by atoms with Gasteiger partial charge in [-0.1, -0.05) is 29.8 Å². The van der Waals surface area contributed by atoms with Crippen LogP contribution < -0.4 is 26.0 Å². The lowest BCUT2D eigenvalue weighted by atomic mass is 10.1. The third-order valence-electron chi connectivity index (χ3n) is 4.77. The third-order valence-corrected chi connectivity index (χ3v) is 4.77. The van der Waals surface area contributed by atoms with Gasteiger partial charge in [0, 0.05) is 12.1 Å². The molecule has 1 aromatic heterocycles. The standard InChI is InChI=1S/C23H26N4O5/c1-14(2)24-21(28)20-22(29)26(13-16-8-6-15(3)7-9-16)23(30)27(25-20)17-10-11-18(31-4)19(12-17)32-5/h6-12,14H,13H2,1-5H3,(H,24,28). The highest BCUT2D eigenvalue weighted by Gasteiger charge is 2.21. The number of methoxy groups -OCH3 is 2. The van der Waals surface area contributed by atoms with Crippen molar-refractivity contribution < 1.29 is 14.3 Å². The Bertz CT molecular complexity index is 1240. The molecular weight excluding hydrogens is 412 g/mol. The third kappa shape index (κ3) is 4.72. The first-order chi connectivity index (χ1) is 15.2. The Kier molecular flexibility index (Phi) is 6.77. The Morgan fingerprint density at radius 2 is 1.69 bits per heavy atom. The summed E-state index contributed by atoms with van der Waals surface area (Å²) >= 11 is 0. The second-order valence-corrected chi connectivity index (χ2v) is 7.59. The van der Waals surface area contributed by atoms with Crippen molar-refractivity contribution in [3.8, 4) is 17.2 Å². The fourth-order valence-corrected chi connectivity index (χ4v) is 3.13. The molecule has 0 aliphatic heterocycles. The Labute approximate surface area is 185 Å². The number of benzene rings is 2. The molecule has 0 unspecified atom stereocenters. The first-order valence-electron chi connectivity index (χ1n) is 10.1. The summed E-state index contributed by atoms with van der Waals surface area (Å²) in [6.07, 6.45) is 0. The number of hydrogen-bond acceptors (Lipinski definition) is 6. The largest absolute Gasteiger partial charge is 0.493 e. The van der Waals surface area contributed by atoms with E-state index in [-0.39, 0.29) is 18.3 Å². The van der Waals surface area contributed by atoms with E-state index >= 15 is 0 Å². The predicted octanol–water partition coefficient (Wildman–Crippen LogP) is 1.91. The predicted molar refractivity (Wildman–Crippen MR) is 120 cm³/mol. The number of carbonyl (C=O) groups excluding carboxylic acids is 1. The second kappa shape index (κ2) is 9.51. The van der Waals surface area contributed by atoms with E-state index in [1.165, 1.54) is 14.2 Å². The van der Waals surface area contributed by atoms with E-state index in [0.717, 1.165) is 20.4 Å². The SMILES string of the molecule is COc1ccc(-n2nc(C(=O)NC(C)C)c(=O)n(Cc3ccc(C)cc3)c2=O)cc1OC. The normalized spacial score (nSPS) is 10.8. The van der Waals surface area contributed by atoms with E-state index in [4.69, 9.17) is 9.47 Å². The molecule has 3 rings (SSSR count). The average molecular weight is 438 g/mol. The molecular formula is C23H26N4O5. The number of nitrogens with zero attached hydrogens (tertiary/aromatic N) is 3. The van der Waals surface area contributed by atoms with Crippen LogP contribution >= 0.6 is 0 Å². The quantitative estimate of drug-likeness (QED) is 0.604. The smallest absolute Gasteiger partial charge is 0.352 e. The van der Waals surface area contributed by atoms with Crippen molar-refractivity contribution in [2.75, 3.05) is 14.2 Å². The van der Waals surface area contributed by atoms with Crippen LogP contribution in [0.15, 0.2) is 52.1 Å². The number of rotatable bonds is 7. The second-order valence-electron chi connectivity index (χ2n) is 7.59. The van der Waals surface area contributed by atoms with Crippen LogP contribution in [0.4, 0.5) is 0 Å². The summed E-state index contributed by atoms with van der Waals surface area (Å²) in [5.41, 5.74) is 0.309. The summed E-state index contributed by atoms with van der Waals surface area (Å²) < 4.78 is 12.6. The van der Waals surface area contributed by atoms with Crippen LogP contribution in [0.2, 0.25) is 0 Å². The Morgan fingerprint density at radius 1 is 1.03 bits per heavy atom. The summed E-state index contributed by atoms with van der Waals surface area (Å²) in [6.45, 7) is 5.48. The van der Waals surface area contributed by atoms with Gasteiger partial charge in [-0.3, -0.25) is 14.2 Å². The molecule has 0 fully saturated rings. The van der Waals surface area contributed by atoms with E-state index in [0.29, 0.717) is 17.2 Å². The monoisotopic (exact) mass is 438 g/mol. The molecule has 0 radical (unpaired) electrons. The molecule has 0 aliphatic rings. The Hall–Kier alpha value is -3.88. The fraction of sp³-hybridized carbons (Fsp3) is 0.304. The lowest BCUT2D eigenvalue weighted by Crippen LogP contribution is -2.46. The summed E-state index contributed by atoms with van der Waals surface area (Å²) in [7, 11) is 2.97. The molecule has 1 heterocycles. The van der Waals surface area contributed by atoms with Gasteiger partial charge < -0.3 is 14.8 Å². The Balaban J connectivity index is 2.22. The number of hydrogen-bond donors (Lipinski definition) is 1. The molecule has 9 nitrogen and oxygen atoms in total. The van der Waals surface area contributed by atoms with Gasteiger partial charge in [-0.15, -0.1) is 0 Å². The summed E-state index contributed by atoms with van der Waals surface area (Å²) in [5, 5.41) is 6.77. The number of aromatic nitrogens is 3. The van der Waals surface area contributed by atoms with E-state index in [1.807, 2.05) is 31.2 Å². The van der Waals surface area contributed by atoms with Gasteiger partial charge >= 0.3 is 5.69 Å². The number of amides is 1. The lowest BCUT2D eigenvalue weighted by Gasteiger charge is -2.14. The number of carbonyl (C=O) groups is 1. The highest BCUT2D eigenvalue weighted by Crippen LogP contribution is 2.28. The zero-order valence-electron chi connectivity index (χ0n) is 18.7. The van der Waals surface area contributed by atoms with Crippen LogP contribution in [0.25, 0.3) is 5.69 Å². The molecule has 0 atom stereocenters. The zero-order valence-corrected chi connectivity index (χ0v) is 18.7. The molecule has 32 heavy (non-hydrogen) atoms. The summed E-state index contributed by atoms with van der Waals surface area (Å²) in [4.78, 5) is 39.0. The number of ether oxygens (including phenoxy) is 2. The van der Waals surface area contributed by atoms with Crippen molar-refractivity contribution >= 4 is 5.91 Å². The molecule has 1 N–H and O–H groups in total. The lowest BCUT2D eigenvalue weighted by molar-refractivity contribution is 0.0933.